The minimum absolute atomic E-state index is 0.223. The lowest BCUT2D eigenvalue weighted by Crippen LogP contribution is -2.38. The molecule has 1 heterocycles. The van der Waals surface area contributed by atoms with Gasteiger partial charge < -0.3 is 31.8 Å². The Bertz CT molecular complexity index is 964. The summed E-state index contributed by atoms with van der Waals surface area (Å²) in [4.78, 5) is 20.7. The van der Waals surface area contributed by atoms with Crippen LogP contribution in [0, 0.1) is 5.41 Å². The zero-order valence-corrected chi connectivity index (χ0v) is 19.9. The van der Waals surface area contributed by atoms with Crippen LogP contribution < -0.4 is 21.7 Å². The summed E-state index contributed by atoms with van der Waals surface area (Å²) in [6.07, 6.45) is 6.24. The highest BCUT2D eigenvalue weighted by Crippen LogP contribution is 2.25. The molecule has 6 N–H and O–H groups in total. The average Bonchev–Trinajstić information content (AvgIpc) is 3.22. The van der Waals surface area contributed by atoms with Crippen molar-refractivity contribution in [2.75, 3.05) is 16.4 Å². The first-order valence-electron chi connectivity index (χ1n) is 11.4. The lowest BCUT2D eigenvalue weighted by molar-refractivity contribution is 0.0510. The predicted molar refractivity (Wildman–Crippen MR) is 132 cm³/mol. The Morgan fingerprint density at radius 2 is 1.91 bits per heavy atom. The number of nitrogens with one attached hydrogen (secondary N) is 4. The van der Waals surface area contributed by atoms with Crippen molar-refractivity contribution in [1.82, 2.24) is 15.3 Å². The van der Waals surface area contributed by atoms with Gasteiger partial charge in [0.25, 0.3) is 0 Å². The number of carbonyl (C=O) groups excluding carboxylic acids is 1. The highest BCUT2D eigenvalue weighted by molar-refractivity contribution is 5.99. The second kappa shape index (κ2) is 10.5. The Kier molecular flexibility index (Phi) is 7.73. The SMILES string of the molecule is CC(CC(=N)c1ccc(Nc2ncc(N)c(NC3CCCC3)n2)cc1)NC(=O)OC(C)(C)C. The Hall–Kier alpha value is -3.36. The smallest absolute Gasteiger partial charge is 0.407 e. The fourth-order valence-corrected chi connectivity index (χ4v) is 3.70. The van der Waals surface area contributed by atoms with Gasteiger partial charge in [-0.25, -0.2) is 9.78 Å². The standard InChI is InChI=1S/C24H35N7O2/c1-15(28-23(32)33-24(2,3)4)13-19(25)16-9-11-18(12-10-16)30-22-27-14-20(26)21(31-22)29-17-7-5-6-8-17/h9-12,14-15,17,25H,5-8,13,26H2,1-4H3,(H,28,32)(H2,27,29,30,31). The van der Waals surface area contributed by atoms with Crippen molar-refractivity contribution < 1.29 is 9.53 Å². The van der Waals surface area contributed by atoms with Crippen molar-refractivity contribution in [2.24, 2.45) is 0 Å². The van der Waals surface area contributed by atoms with Crippen LogP contribution in [0.3, 0.4) is 0 Å². The van der Waals surface area contributed by atoms with Crippen molar-refractivity contribution in [3.63, 3.8) is 0 Å². The van der Waals surface area contributed by atoms with Gasteiger partial charge in [0.1, 0.15) is 5.60 Å². The van der Waals surface area contributed by atoms with Gasteiger partial charge in [0.15, 0.2) is 5.82 Å². The molecule has 33 heavy (non-hydrogen) atoms. The Morgan fingerprint density at radius 3 is 2.55 bits per heavy atom. The third kappa shape index (κ3) is 7.62. The Labute approximate surface area is 195 Å². The minimum atomic E-state index is -0.554. The molecule has 3 rings (SSSR count). The van der Waals surface area contributed by atoms with E-state index in [4.69, 9.17) is 15.9 Å². The molecule has 0 aliphatic heterocycles. The molecular weight excluding hydrogens is 418 g/mol. The number of nitrogens with zero attached hydrogens (tertiary/aromatic N) is 2. The third-order valence-electron chi connectivity index (χ3n) is 5.28. The Balaban J connectivity index is 1.55. The molecule has 1 saturated carbocycles. The summed E-state index contributed by atoms with van der Waals surface area (Å²) in [6.45, 7) is 7.30. The van der Waals surface area contributed by atoms with Gasteiger partial charge in [0.2, 0.25) is 5.95 Å². The molecule has 1 aliphatic carbocycles. The van der Waals surface area contributed by atoms with E-state index in [0.717, 1.165) is 24.1 Å². The van der Waals surface area contributed by atoms with E-state index in [-0.39, 0.29) is 6.04 Å². The van der Waals surface area contributed by atoms with Gasteiger partial charge in [-0.15, -0.1) is 0 Å². The van der Waals surface area contributed by atoms with Crippen LogP contribution in [0.4, 0.5) is 27.9 Å². The molecule has 0 bridgehead atoms. The number of nitrogens with two attached hydrogens (primary N) is 1. The number of alkyl carbamates (subject to hydrolysis) is 1. The summed E-state index contributed by atoms with van der Waals surface area (Å²) < 4.78 is 5.27. The number of aromatic nitrogens is 2. The van der Waals surface area contributed by atoms with E-state index in [2.05, 4.69) is 25.9 Å². The molecule has 1 amide bonds. The van der Waals surface area contributed by atoms with E-state index in [1.165, 1.54) is 12.8 Å². The van der Waals surface area contributed by atoms with E-state index in [9.17, 15) is 4.79 Å². The van der Waals surface area contributed by atoms with Gasteiger partial charge in [-0.05, 0) is 58.2 Å². The number of ether oxygens (including phenoxy) is 1. The molecule has 0 radical (unpaired) electrons. The first kappa shape index (κ1) is 24.3. The number of nitrogen functional groups attached to an aromatic ring is 1. The molecule has 9 nitrogen and oxygen atoms in total. The first-order valence-corrected chi connectivity index (χ1v) is 11.4. The highest BCUT2D eigenvalue weighted by atomic mass is 16.6. The minimum Gasteiger partial charge on any atom is -0.444 e. The number of carbonyl (C=O) groups is 1. The maximum atomic E-state index is 11.9. The molecule has 178 valence electrons. The molecule has 1 aromatic carbocycles. The van der Waals surface area contributed by atoms with Crippen LogP contribution in [0.15, 0.2) is 30.5 Å². The van der Waals surface area contributed by atoms with E-state index in [0.29, 0.717) is 35.6 Å². The summed E-state index contributed by atoms with van der Waals surface area (Å²) >= 11 is 0. The number of amides is 1. The topological polar surface area (TPSA) is 138 Å². The van der Waals surface area contributed by atoms with Crippen molar-refractivity contribution >= 4 is 34.9 Å². The maximum absolute atomic E-state index is 11.9. The monoisotopic (exact) mass is 453 g/mol. The van der Waals surface area contributed by atoms with E-state index < -0.39 is 11.7 Å². The van der Waals surface area contributed by atoms with E-state index in [1.54, 1.807) is 6.20 Å². The van der Waals surface area contributed by atoms with Crippen LogP contribution in [-0.2, 0) is 4.74 Å². The van der Waals surface area contributed by atoms with Gasteiger partial charge in [-0.1, -0.05) is 25.0 Å². The first-order chi connectivity index (χ1) is 15.6. The summed E-state index contributed by atoms with van der Waals surface area (Å²) in [7, 11) is 0. The molecule has 9 heteroatoms. The predicted octanol–water partition coefficient (Wildman–Crippen LogP) is 4.83. The molecule has 1 atom stereocenters. The van der Waals surface area contributed by atoms with Crippen LogP contribution in [0.2, 0.25) is 0 Å². The molecule has 0 spiro atoms. The summed E-state index contributed by atoms with van der Waals surface area (Å²) in [6, 6.07) is 7.66. The number of benzene rings is 1. The normalized spacial score (nSPS) is 15.0. The average molecular weight is 454 g/mol. The summed E-state index contributed by atoms with van der Waals surface area (Å²) in [5, 5.41) is 17.8. The molecule has 2 aromatic rings. The zero-order valence-electron chi connectivity index (χ0n) is 19.9. The fourth-order valence-electron chi connectivity index (χ4n) is 3.70. The van der Waals surface area contributed by atoms with Crippen LogP contribution in [0.5, 0.6) is 0 Å². The van der Waals surface area contributed by atoms with Crippen molar-refractivity contribution in [3.05, 3.63) is 36.0 Å². The second-order valence-corrected chi connectivity index (χ2v) is 9.56. The molecule has 1 fully saturated rings. The molecule has 1 aromatic heterocycles. The number of hydrogen-bond acceptors (Lipinski definition) is 8. The quantitative estimate of drug-likeness (QED) is 0.361. The number of anilines is 4. The zero-order chi connectivity index (χ0) is 24.0. The second-order valence-electron chi connectivity index (χ2n) is 9.56. The van der Waals surface area contributed by atoms with Crippen LogP contribution in [0.1, 0.15) is 65.4 Å². The van der Waals surface area contributed by atoms with Crippen LogP contribution in [-0.4, -0.2) is 39.5 Å². The number of rotatable bonds is 8. The van der Waals surface area contributed by atoms with Gasteiger partial charge >= 0.3 is 6.09 Å². The van der Waals surface area contributed by atoms with Crippen molar-refractivity contribution in [1.29, 1.82) is 5.41 Å². The molecule has 1 aliphatic rings. The molecular formula is C24H35N7O2. The van der Waals surface area contributed by atoms with Crippen molar-refractivity contribution in [3.8, 4) is 0 Å². The summed E-state index contributed by atoms with van der Waals surface area (Å²) in [5.74, 6) is 1.12. The Morgan fingerprint density at radius 1 is 1.24 bits per heavy atom. The lowest BCUT2D eigenvalue weighted by atomic mass is 10.0. The van der Waals surface area contributed by atoms with Crippen molar-refractivity contribution in [2.45, 2.75) is 77.5 Å². The fraction of sp³-hybridized carbons (Fsp3) is 0.500. The third-order valence-corrected chi connectivity index (χ3v) is 5.28. The van der Waals surface area contributed by atoms with E-state index >= 15 is 0 Å². The van der Waals surface area contributed by atoms with Gasteiger partial charge in [0, 0.05) is 29.9 Å². The molecule has 0 saturated heterocycles. The van der Waals surface area contributed by atoms with Crippen LogP contribution >= 0.6 is 0 Å². The van der Waals surface area contributed by atoms with Gasteiger partial charge in [-0.2, -0.15) is 4.98 Å². The van der Waals surface area contributed by atoms with Gasteiger partial charge in [0.05, 0.1) is 11.9 Å². The summed E-state index contributed by atoms with van der Waals surface area (Å²) in [5.41, 5.74) is 8.03. The highest BCUT2D eigenvalue weighted by Gasteiger charge is 2.19. The lowest BCUT2D eigenvalue weighted by Gasteiger charge is -2.22. The van der Waals surface area contributed by atoms with Crippen LogP contribution in [0.25, 0.3) is 0 Å². The maximum Gasteiger partial charge on any atom is 0.407 e. The number of hydrogen-bond donors (Lipinski definition) is 5. The van der Waals surface area contributed by atoms with E-state index in [1.807, 2.05) is 52.0 Å². The van der Waals surface area contributed by atoms with Gasteiger partial charge in [-0.3, -0.25) is 0 Å². The largest absolute Gasteiger partial charge is 0.444 e. The molecule has 1 unspecified atom stereocenters.